The van der Waals surface area contributed by atoms with Gasteiger partial charge in [-0.3, -0.25) is 0 Å². The molecule has 3 nitrogen and oxygen atoms in total. The van der Waals surface area contributed by atoms with Crippen molar-refractivity contribution in [2.45, 2.75) is 25.3 Å². The lowest BCUT2D eigenvalue weighted by molar-refractivity contribution is 0.415. The summed E-state index contributed by atoms with van der Waals surface area (Å²) in [5.41, 5.74) is 3.87. The van der Waals surface area contributed by atoms with Crippen LogP contribution in [0.25, 0.3) is 10.9 Å². The second kappa shape index (κ2) is 4.48. The van der Waals surface area contributed by atoms with Crippen LogP contribution in [-0.4, -0.2) is 25.2 Å². The number of hydrogen-bond acceptors (Lipinski definition) is 2. The zero-order valence-corrected chi connectivity index (χ0v) is 11.4. The Morgan fingerprint density at radius 3 is 3.00 bits per heavy atom. The number of rotatable bonds is 2. The Labute approximate surface area is 111 Å². The van der Waals surface area contributed by atoms with Crippen molar-refractivity contribution in [1.82, 2.24) is 10.3 Å². The van der Waals surface area contributed by atoms with E-state index < -0.39 is 0 Å². The molecule has 0 amide bonds. The number of fused-ring (bicyclic) bond motifs is 3. The highest BCUT2D eigenvalue weighted by Crippen LogP contribution is 2.35. The second-order valence-electron chi connectivity index (χ2n) is 4.84. The van der Waals surface area contributed by atoms with Gasteiger partial charge in [-0.1, -0.05) is 11.6 Å². The predicted octanol–water partition coefficient (Wildman–Crippen LogP) is 2.91. The SMILES string of the molecule is CNC1CCc2[nH]c3cc(Cl)c(OC)cc3c2C1. The van der Waals surface area contributed by atoms with Gasteiger partial charge in [-0.05, 0) is 44.0 Å². The third kappa shape index (κ3) is 1.78. The largest absolute Gasteiger partial charge is 0.495 e. The van der Waals surface area contributed by atoms with Gasteiger partial charge in [0.1, 0.15) is 5.75 Å². The van der Waals surface area contributed by atoms with Crippen molar-refractivity contribution in [2.75, 3.05) is 14.2 Å². The summed E-state index contributed by atoms with van der Waals surface area (Å²) in [5, 5.41) is 5.27. The summed E-state index contributed by atoms with van der Waals surface area (Å²) in [6, 6.07) is 4.58. The molecule has 4 heteroatoms. The molecule has 0 radical (unpaired) electrons. The molecule has 18 heavy (non-hydrogen) atoms. The molecule has 0 bridgehead atoms. The average Bonchev–Trinajstić information content (AvgIpc) is 2.73. The van der Waals surface area contributed by atoms with Gasteiger partial charge in [0.2, 0.25) is 0 Å². The summed E-state index contributed by atoms with van der Waals surface area (Å²) in [6.45, 7) is 0. The molecule has 0 fully saturated rings. The molecule has 2 aromatic rings. The zero-order valence-electron chi connectivity index (χ0n) is 10.6. The topological polar surface area (TPSA) is 37.0 Å². The smallest absolute Gasteiger partial charge is 0.138 e. The quantitative estimate of drug-likeness (QED) is 0.875. The van der Waals surface area contributed by atoms with E-state index in [0.29, 0.717) is 11.1 Å². The molecule has 1 atom stereocenters. The van der Waals surface area contributed by atoms with Gasteiger partial charge in [0.05, 0.1) is 12.1 Å². The average molecular weight is 265 g/mol. The molecule has 1 aromatic carbocycles. The highest BCUT2D eigenvalue weighted by molar-refractivity contribution is 6.32. The Bertz CT molecular complexity index is 591. The molecule has 1 unspecified atom stereocenters. The molecule has 0 aliphatic heterocycles. The van der Waals surface area contributed by atoms with Crippen molar-refractivity contribution in [3.8, 4) is 5.75 Å². The van der Waals surface area contributed by atoms with E-state index in [9.17, 15) is 0 Å². The lowest BCUT2D eigenvalue weighted by Gasteiger charge is -2.21. The highest BCUT2D eigenvalue weighted by atomic mass is 35.5. The highest BCUT2D eigenvalue weighted by Gasteiger charge is 2.22. The third-order valence-corrected chi connectivity index (χ3v) is 4.16. The molecule has 3 rings (SSSR count). The molecular weight excluding hydrogens is 248 g/mol. The van der Waals surface area contributed by atoms with Crippen molar-refractivity contribution >= 4 is 22.5 Å². The summed E-state index contributed by atoms with van der Waals surface area (Å²) < 4.78 is 5.31. The molecule has 0 saturated heterocycles. The van der Waals surface area contributed by atoms with Gasteiger partial charge in [-0.2, -0.15) is 0 Å². The molecule has 1 aromatic heterocycles. The van der Waals surface area contributed by atoms with Crippen molar-refractivity contribution in [1.29, 1.82) is 0 Å². The molecule has 2 N–H and O–H groups in total. The number of nitrogens with one attached hydrogen (secondary N) is 2. The van der Waals surface area contributed by atoms with Crippen LogP contribution in [0, 0.1) is 0 Å². The van der Waals surface area contributed by atoms with E-state index in [0.717, 1.165) is 24.1 Å². The van der Waals surface area contributed by atoms with Crippen LogP contribution in [0.5, 0.6) is 5.75 Å². The number of likely N-dealkylation sites (N-methyl/N-ethyl adjacent to an activating group) is 1. The number of halogens is 1. The van der Waals surface area contributed by atoms with Gasteiger partial charge in [-0.25, -0.2) is 0 Å². The van der Waals surface area contributed by atoms with Gasteiger partial charge in [-0.15, -0.1) is 0 Å². The standard InChI is InChI=1S/C14H17ClN2O/c1-16-8-3-4-12-9(5-8)10-6-14(18-2)11(15)7-13(10)17-12/h6-8,16-17H,3-5H2,1-2H3. The number of aromatic nitrogens is 1. The summed E-state index contributed by atoms with van der Waals surface area (Å²) in [6.07, 6.45) is 3.34. The van der Waals surface area contributed by atoms with Crippen molar-refractivity contribution < 1.29 is 4.74 Å². The normalized spacial score (nSPS) is 18.9. The molecule has 1 aliphatic carbocycles. The van der Waals surface area contributed by atoms with Crippen LogP contribution in [0.4, 0.5) is 0 Å². The van der Waals surface area contributed by atoms with Crippen LogP contribution < -0.4 is 10.1 Å². The van der Waals surface area contributed by atoms with E-state index in [4.69, 9.17) is 16.3 Å². The van der Waals surface area contributed by atoms with E-state index in [1.165, 1.54) is 23.1 Å². The maximum Gasteiger partial charge on any atom is 0.138 e. The third-order valence-electron chi connectivity index (χ3n) is 3.87. The molecule has 0 saturated carbocycles. The molecule has 1 aliphatic rings. The van der Waals surface area contributed by atoms with Crippen molar-refractivity contribution in [2.24, 2.45) is 0 Å². The number of hydrogen-bond donors (Lipinski definition) is 2. The van der Waals surface area contributed by atoms with E-state index in [1.807, 2.05) is 19.2 Å². The Kier molecular flexibility index (Phi) is 2.96. The fraction of sp³-hybridized carbons (Fsp3) is 0.429. The molecule has 0 spiro atoms. The first-order valence-corrected chi connectivity index (χ1v) is 6.65. The fourth-order valence-corrected chi connectivity index (χ4v) is 3.06. The van der Waals surface area contributed by atoms with Gasteiger partial charge in [0.25, 0.3) is 0 Å². The summed E-state index contributed by atoms with van der Waals surface area (Å²) in [5.74, 6) is 0.748. The Hall–Kier alpha value is -1.19. The van der Waals surface area contributed by atoms with E-state index in [-0.39, 0.29) is 0 Å². The summed E-state index contributed by atoms with van der Waals surface area (Å²) in [7, 11) is 3.69. The summed E-state index contributed by atoms with van der Waals surface area (Å²) >= 11 is 6.17. The first-order valence-electron chi connectivity index (χ1n) is 6.27. The minimum atomic E-state index is 0.568. The van der Waals surface area contributed by atoms with Crippen LogP contribution in [-0.2, 0) is 12.8 Å². The maximum absolute atomic E-state index is 6.17. The molecule has 1 heterocycles. The summed E-state index contributed by atoms with van der Waals surface area (Å²) in [4.78, 5) is 3.49. The maximum atomic E-state index is 6.17. The number of methoxy groups -OCH3 is 1. The van der Waals surface area contributed by atoms with Gasteiger partial charge < -0.3 is 15.0 Å². The minimum absolute atomic E-state index is 0.568. The Morgan fingerprint density at radius 2 is 2.28 bits per heavy atom. The van der Waals surface area contributed by atoms with E-state index in [2.05, 4.69) is 10.3 Å². The number of benzene rings is 1. The fourth-order valence-electron chi connectivity index (χ4n) is 2.82. The van der Waals surface area contributed by atoms with Crippen LogP contribution in [0.3, 0.4) is 0 Å². The number of aromatic amines is 1. The number of aryl methyl sites for hydroxylation is 1. The minimum Gasteiger partial charge on any atom is -0.495 e. The van der Waals surface area contributed by atoms with Gasteiger partial charge in [0.15, 0.2) is 0 Å². The lowest BCUT2D eigenvalue weighted by Crippen LogP contribution is -2.31. The Balaban J connectivity index is 2.15. The van der Waals surface area contributed by atoms with E-state index >= 15 is 0 Å². The second-order valence-corrected chi connectivity index (χ2v) is 5.25. The van der Waals surface area contributed by atoms with Crippen LogP contribution in [0.1, 0.15) is 17.7 Å². The van der Waals surface area contributed by atoms with Crippen LogP contribution in [0.2, 0.25) is 5.02 Å². The van der Waals surface area contributed by atoms with Crippen molar-refractivity contribution in [3.05, 3.63) is 28.4 Å². The molecular formula is C14H17ClN2O. The Morgan fingerprint density at radius 1 is 1.44 bits per heavy atom. The van der Waals surface area contributed by atoms with Crippen molar-refractivity contribution in [3.63, 3.8) is 0 Å². The monoisotopic (exact) mass is 264 g/mol. The number of H-pyrrole nitrogens is 1. The number of ether oxygens (including phenoxy) is 1. The predicted molar refractivity (Wildman–Crippen MR) is 74.7 cm³/mol. The van der Waals surface area contributed by atoms with Crippen LogP contribution in [0.15, 0.2) is 12.1 Å². The van der Waals surface area contributed by atoms with Gasteiger partial charge in [0, 0.05) is 22.6 Å². The van der Waals surface area contributed by atoms with Crippen LogP contribution >= 0.6 is 11.6 Å². The molecule has 96 valence electrons. The first-order chi connectivity index (χ1) is 8.72. The van der Waals surface area contributed by atoms with E-state index in [1.54, 1.807) is 7.11 Å². The lowest BCUT2D eigenvalue weighted by atomic mass is 9.91. The first kappa shape index (κ1) is 11.9. The van der Waals surface area contributed by atoms with Gasteiger partial charge >= 0.3 is 0 Å². The zero-order chi connectivity index (χ0) is 12.7.